The van der Waals surface area contributed by atoms with Crippen LogP contribution in [0, 0.1) is 6.92 Å². The first-order valence-corrected chi connectivity index (χ1v) is 9.10. The molecule has 2 N–H and O–H groups in total. The van der Waals surface area contributed by atoms with E-state index in [-0.39, 0.29) is 11.9 Å². The zero-order valence-corrected chi connectivity index (χ0v) is 15.8. The minimum absolute atomic E-state index is 0.0676. The summed E-state index contributed by atoms with van der Waals surface area (Å²) in [5.41, 5.74) is 5.23. The van der Waals surface area contributed by atoms with Crippen molar-refractivity contribution >= 4 is 5.91 Å². The quantitative estimate of drug-likeness (QED) is 0.669. The summed E-state index contributed by atoms with van der Waals surface area (Å²) in [6.45, 7) is 9.97. The Bertz CT molecular complexity index is 545. The van der Waals surface area contributed by atoms with Gasteiger partial charge in [0.2, 0.25) is 0 Å². The molecule has 0 unspecified atom stereocenters. The largest absolute Gasteiger partial charge is 0.351 e. The highest BCUT2D eigenvalue weighted by Gasteiger charge is 2.48. The van der Waals surface area contributed by atoms with Crippen molar-refractivity contribution in [3.8, 4) is 0 Å². The minimum atomic E-state index is -1.27. The molecule has 2 atom stereocenters. The van der Waals surface area contributed by atoms with Crippen molar-refractivity contribution in [2.24, 2.45) is 0 Å². The molecule has 0 radical (unpaired) electrons. The zero-order valence-electron chi connectivity index (χ0n) is 15.8. The van der Waals surface area contributed by atoms with Crippen LogP contribution in [0.5, 0.6) is 0 Å². The predicted molar refractivity (Wildman–Crippen MR) is 97.9 cm³/mol. The Morgan fingerprint density at radius 1 is 1.36 bits per heavy atom. The SMILES string of the molecule is CCN(CC)CCCNC(=O)[C@@]1(OC)C[C@H](c2ccc(C)cc2)NO1. The van der Waals surface area contributed by atoms with Crippen LogP contribution in [-0.2, 0) is 14.4 Å². The molecule has 0 aromatic heterocycles. The topological polar surface area (TPSA) is 62.8 Å². The first kappa shape index (κ1) is 19.8. The molecule has 0 saturated carbocycles. The van der Waals surface area contributed by atoms with Gasteiger partial charge in [-0.3, -0.25) is 9.63 Å². The fraction of sp³-hybridized carbons (Fsp3) is 0.632. The molecule has 1 amide bonds. The molecule has 1 aromatic rings. The predicted octanol–water partition coefficient (Wildman–Crippen LogP) is 2.15. The van der Waals surface area contributed by atoms with Crippen LogP contribution >= 0.6 is 0 Å². The van der Waals surface area contributed by atoms with E-state index in [0.717, 1.165) is 31.6 Å². The van der Waals surface area contributed by atoms with Gasteiger partial charge < -0.3 is 15.0 Å². The Kier molecular flexibility index (Phi) is 7.38. The summed E-state index contributed by atoms with van der Waals surface area (Å²) < 4.78 is 5.45. The Morgan fingerprint density at radius 3 is 2.64 bits per heavy atom. The molecule has 0 spiro atoms. The van der Waals surface area contributed by atoms with Crippen LogP contribution in [0.1, 0.15) is 43.9 Å². The Morgan fingerprint density at radius 2 is 2.04 bits per heavy atom. The average Bonchev–Trinajstić information content (AvgIpc) is 3.08. The molecule has 25 heavy (non-hydrogen) atoms. The molecule has 140 valence electrons. The Hall–Kier alpha value is -1.47. The number of hydroxylamine groups is 1. The second-order valence-corrected chi connectivity index (χ2v) is 6.48. The van der Waals surface area contributed by atoms with Crippen LogP contribution in [0.15, 0.2) is 24.3 Å². The first-order valence-electron chi connectivity index (χ1n) is 9.10. The lowest BCUT2D eigenvalue weighted by Gasteiger charge is -2.24. The highest BCUT2D eigenvalue weighted by Crippen LogP contribution is 2.33. The van der Waals surface area contributed by atoms with Gasteiger partial charge in [-0.1, -0.05) is 43.7 Å². The van der Waals surface area contributed by atoms with Gasteiger partial charge in [0.15, 0.2) is 0 Å². The number of amides is 1. The van der Waals surface area contributed by atoms with Crippen LogP contribution < -0.4 is 10.8 Å². The summed E-state index contributed by atoms with van der Waals surface area (Å²) in [4.78, 5) is 20.5. The van der Waals surface area contributed by atoms with Crippen molar-refractivity contribution in [3.05, 3.63) is 35.4 Å². The third kappa shape index (κ3) is 5.01. The van der Waals surface area contributed by atoms with E-state index in [1.54, 1.807) is 0 Å². The van der Waals surface area contributed by atoms with Crippen molar-refractivity contribution in [3.63, 3.8) is 0 Å². The fourth-order valence-electron chi connectivity index (χ4n) is 3.04. The molecule has 1 fully saturated rings. The molecular formula is C19H31N3O3. The van der Waals surface area contributed by atoms with Gasteiger partial charge in [-0.15, -0.1) is 0 Å². The number of methoxy groups -OCH3 is 1. The summed E-state index contributed by atoms with van der Waals surface area (Å²) in [7, 11) is 1.51. The maximum atomic E-state index is 12.6. The van der Waals surface area contributed by atoms with Gasteiger partial charge in [0, 0.05) is 20.1 Å². The summed E-state index contributed by atoms with van der Waals surface area (Å²) in [6, 6.07) is 8.13. The smallest absolute Gasteiger partial charge is 0.282 e. The molecular weight excluding hydrogens is 318 g/mol. The van der Waals surface area contributed by atoms with E-state index < -0.39 is 5.79 Å². The van der Waals surface area contributed by atoms with Gasteiger partial charge >= 0.3 is 0 Å². The summed E-state index contributed by atoms with van der Waals surface area (Å²) in [5.74, 6) is -1.50. The van der Waals surface area contributed by atoms with Crippen LogP contribution in [0.4, 0.5) is 0 Å². The van der Waals surface area contributed by atoms with E-state index in [4.69, 9.17) is 9.57 Å². The lowest BCUT2D eigenvalue weighted by atomic mass is 9.99. The van der Waals surface area contributed by atoms with E-state index in [1.807, 2.05) is 19.1 Å². The zero-order chi connectivity index (χ0) is 18.3. The van der Waals surface area contributed by atoms with Crippen LogP contribution in [0.2, 0.25) is 0 Å². The summed E-state index contributed by atoms with van der Waals surface area (Å²) >= 11 is 0. The molecule has 1 aliphatic rings. The third-order valence-corrected chi connectivity index (χ3v) is 4.83. The molecule has 6 heteroatoms. The Labute approximate surface area is 150 Å². The van der Waals surface area contributed by atoms with Gasteiger partial charge in [-0.25, -0.2) is 0 Å². The molecule has 0 bridgehead atoms. The number of rotatable bonds is 9. The second-order valence-electron chi connectivity index (χ2n) is 6.48. The molecule has 6 nitrogen and oxygen atoms in total. The van der Waals surface area contributed by atoms with Crippen molar-refractivity contribution in [2.45, 2.75) is 45.4 Å². The van der Waals surface area contributed by atoms with Gasteiger partial charge in [0.1, 0.15) is 0 Å². The van der Waals surface area contributed by atoms with E-state index >= 15 is 0 Å². The summed E-state index contributed by atoms with van der Waals surface area (Å²) in [6.07, 6.45) is 1.34. The number of nitrogens with zero attached hydrogens (tertiary/aromatic N) is 1. The number of nitrogens with one attached hydrogen (secondary N) is 2. The average molecular weight is 349 g/mol. The maximum Gasteiger partial charge on any atom is 0.282 e. The van der Waals surface area contributed by atoms with Crippen molar-refractivity contribution in [1.82, 2.24) is 15.7 Å². The summed E-state index contributed by atoms with van der Waals surface area (Å²) in [5, 5.41) is 2.95. The lowest BCUT2D eigenvalue weighted by molar-refractivity contribution is -0.218. The minimum Gasteiger partial charge on any atom is -0.351 e. The highest BCUT2D eigenvalue weighted by atomic mass is 16.8. The number of carbonyl (C=O) groups excluding carboxylic acids is 1. The number of hydrogen-bond acceptors (Lipinski definition) is 5. The van der Waals surface area contributed by atoms with Gasteiger partial charge in [0.25, 0.3) is 11.7 Å². The highest BCUT2D eigenvalue weighted by molar-refractivity contribution is 5.84. The normalized spacial score (nSPS) is 23.2. The van der Waals surface area contributed by atoms with Gasteiger partial charge in [0.05, 0.1) is 6.04 Å². The fourth-order valence-corrected chi connectivity index (χ4v) is 3.04. The molecule has 0 aliphatic carbocycles. The standard InChI is InChI=1S/C19H31N3O3/c1-5-22(6-2)13-7-12-20-18(23)19(24-4)14-17(21-25-19)16-10-8-15(3)9-11-16/h8-11,17,21H,5-7,12-14H2,1-4H3,(H,20,23)/t17-,19-/m1/s1. The lowest BCUT2D eigenvalue weighted by Crippen LogP contribution is -2.49. The van der Waals surface area contributed by atoms with Crippen molar-refractivity contribution < 1.29 is 14.4 Å². The van der Waals surface area contributed by atoms with Crippen molar-refractivity contribution in [1.29, 1.82) is 0 Å². The number of benzene rings is 1. The maximum absolute atomic E-state index is 12.6. The van der Waals surface area contributed by atoms with E-state index in [9.17, 15) is 4.79 Å². The van der Waals surface area contributed by atoms with E-state index in [2.05, 4.69) is 41.7 Å². The van der Waals surface area contributed by atoms with E-state index in [1.165, 1.54) is 12.7 Å². The number of ether oxygens (including phenoxy) is 1. The molecule has 1 aromatic carbocycles. The molecule has 1 saturated heterocycles. The van der Waals surface area contributed by atoms with Gasteiger partial charge in [-0.05, 0) is 38.5 Å². The van der Waals surface area contributed by atoms with E-state index in [0.29, 0.717) is 13.0 Å². The second kappa shape index (κ2) is 9.29. The molecule has 1 aliphatic heterocycles. The molecule has 1 heterocycles. The third-order valence-electron chi connectivity index (χ3n) is 4.83. The van der Waals surface area contributed by atoms with Crippen LogP contribution in [0.3, 0.4) is 0 Å². The first-order chi connectivity index (χ1) is 12.0. The Balaban J connectivity index is 1.87. The van der Waals surface area contributed by atoms with Crippen LogP contribution in [0.25, 0.3) is 0 Å². The monoisotopic (exact) mass is 349 g/mol. The van der Waals surface area contributed by atoms with Crippen molar-refractivity contribution in [2.75, 3.05) is 33.3 Å². The van der Waals surface area contributed by atoms with Crippen LogP contribution in [-0.4, -0.2) is 49.9 Å². The molecule has 2 rings (SSSR count). The van der Waals surface area contributed by atoms with Gasteiger partial charge in [-0.2, -0.15) is 5.48 Å². The number of hydrogen-bond donors (Lipinski definition) is 2. The number of carbonyl (C=O) groups is 1. The number of aryl methyl sites for hydroxylation is 1.